The largest absolute Gasteiger partial charge is 0.383 e. The summed E-state index contributed by atoms with van der Waals surface area (Å²) in [6.07, 6.45) is 0.370. The SMILES string of the molecule is CCCc1nc(-c2ccc(C(F)F)cc2)c(N)n1CCC. The first-order chi connectivity index (χ1) is 10.1. The first-order valence-electron chi connectivity index (χ1n) is 7.31. The third-order valence-corrected chi connectivity index (χ3v) is 3.44. The number of nitrogens with two attached hydrogens (primary N) is 1. The van der Waals surface area contributed by atoms with Gasteiger partial charge in [0.1, 0.15) is 17.3 Å². The van der Waals surface area contributed by atoms with Gasteiger partial charge in [0.15, 0.2) is 0 Å². The molecular weight excluding hydrogens is 272 g/mol. The predicted molar refractivity (Wildman–Crippen MR) is 81.3 cm³/mol. The molecule has 0 unspecified atom stereocenters. The minimum atomic E-state index is -2.45. The molecule has 0 fully saturated rings. The summed E-state index contributed by atoms with van der Waals surface area (Å²) in [6, 6.07) is 6.17. The number of nitrogen functional groups attached to an aromatic ring is 1. The molecule has 114 valence electrons. The van der Waals surface area contributed by atoms with Crippen LogP contribution in [0.15, 0.2) is 24.3 Å². The summed E-state index contributed by atoms with van der Waals surface area (Å²) in [5.41, 5.74) is 7.69. The number of hydrogen-bond acceptors (Lipinski definition) is 2. The van der Waals surface area contributed by atoms with Gasteiger partial charge in [-0.2, -0.15) is 0 Å². The highest BCUT2D eigenvalue weighted by molar-refractivity contribution is 5.71. The zero-order chi connectivity index (χ0) is 15.4. The molecule has 5 heteroatoms. The quantitative estimate of drug-likeness (QED) is 0.856. The van der Waals surface area contributed by atoms with Crippen LogP contribution in [-0.2, 0) is 13.0 Å². The van der Waals surface area contributed by atoms with E-state index in [1.165, 1.54) is 12.1 Å². The van der Waals surface area contributed by atoms with Crippen molar-refractivity contribution in [1.29, 1.82) is 0 Å². The normalized spacial score (nSPS) is 11.3. The average Bonchev–Trinajstić information content (AvgIpc) is 2.77. The molecule has 1 heterocycles. The highest BCUT2D eigenvalue weighted by atomic mass is 19.3. The van der Waals surface area contributed by atoms with E-state index in [-0.39, 0.29) is 5.56 Å². The molecule has 2 aromatic rings. The second-order valence-corrected chi connectivity index (χ2v) is 5.09. The lowest BCUT2D eigenvalue weighted by Gasteiger charge is -2.07. The highest BCUT2D eigenvalue weighted by Gasteiger charge is 2.16. The molecule has 0 aliphatic carbocycles. The third-order valence-electron chi connectivity index (χ3n) is 3.44. The molecule has 0 radical (unpaired) electrons. The average molecular weight is 293 g/mol. The molecule has 0 saturated carbocycles. The van der Waals surface area contributed by atoms with E-state index in [1.807, 2.05) is 4.57 Å². The van der Waals surface area contributed by atoms with Gasteiger partial charge in [0.05, 0.1) is 0 Å². The predicted octanol–water partition coefficient (Wildman–Crippen LogP) is 4.43. The minimum Gasteiger partial charge on any atom is -0.383 e. The molecule has 0 aliphatic rings. The number of hydrogen-bond donors (Lipinski definition) is 1. The molecule has 2 N–H and O–H groups in total. The lowest BCUT2D eigenvalue weighted by atomic mass is 10.1. The van der Waals surface area contributed by atoms with E-state index in [2.05, 4.69) is 18.8 Å². The van der Waals surface area contributed by atoms with E-state index in [9.17, 15) is 8.78 Å². The maximum atomic E-state index is 12.6. The van der Waals surface area contributed by atoms with Gasteiger partial charge < -0.3 is 10.3 Å². The second-order valence-electron chi connectivity index (χ2n) is 5.09. The molecule has 21 heavy (non-hydrogen) atoms. The third kappa shape index (κ3) is 3.23. The van der Waals surface area contributed by atoms with Gasteiger partial charge >= 0.3 is 0 Å². The van der Waals surface area contributed by atoms with E-state index < -0.39 is 6.43 Å². The molecule has 2 rings (SSSR count). The van der Waals surface area contributed by atoms with Crippen molar-refractivity contribution in [2.45, 2.75) is 46.1 Å². The van der Waals surface area contributed by atoms with Crippen LogP contribution in [0.4, 0.5) is 14.6 Å². The van der Waals surface area contributed by atoms with Crippen molar-refractivity contribution in [3.8, 4) is 11.3 Å². The van der Waals surface area contributed by atoms with Crippen molar-refractivity contribution in [3.05, 3.63) is 35.7 Å². The van der Waals surface area contributed by atoms with Crippen molar-refractivity contribution in [3.63, 3.8) is 0 Å². The van der Waals surface area contributed by atoms with Crippen LogP contribution in [0.5, 0.6) is 0 Å². The number of benzene rings is 1. The van der Waals surface area contributed by atoms with Crippen LogP contribution in [0.3, 0.4) is 0 Å². The Balaban J connectivity index is 2.41. The smallest absolute Gasteiger partial charge is 0.263 e. The van der Waals surface area contributed by atoms with Crippen LogP contribution in [0.2, 0.25) is 0 Å². The second kappa shape index (κ2) is 6.70. The molecule has 0 saturated heterocycles. The van der Waals surface area contributed by atoms with E-state index in [1.54, 1.807) is 12.1 Å². The summed E-state index contributed by atoms with van der Waals surface area (Å²) in [5.74, 6) is 1.58. The number of alkyl halides is 2. The van der Waals surface area contributed by atoms with Crippen molar-refractivity contribution in [1.82, 2.24) is 9.55 Å². The van der Waals surface area contributed by atoms with Gasteiger partial charge in [-0.1, -0.05) is 38.1 Å². The maximum Gasteiger partial charge on any atom is 0.263 e. The van der Waals surface area contributed by atoms with Crippen molar-refractivity contribution in [2.24, 2.45) is 0 Å². The fourth-order valence-corrected chi connectivity index (χ4v) is 2.40. The molecule has 0 spiro atoms. The van der Waals surface area contributed by atoms with Crippen LogP contribution in [0.1, 0.15) is 44.5 Å². The fraction of sp³-hybridized carbons (Fsp3) is 0.438. The van der Waals surface area contributed by atoms with Crippen LogP contribution in [0.25, 0.3) is 11.3 Å². The van der Waals surface area contributed by atoms with Crippen molar-refractivity contribution >= 4 is 5.82 Å². The number of rotatable bonds is 6. The summed E-state index contributed by atoms with van der Waals surface area (Å²) in [7, 11) is 0. The molecule has 0 bridgehead atoms. The Bertz CT molecular complexity index is 588. The van der Waals surface area contributed by atoms with Crippen molar-refractivity contribution < 1.29 is 8.78 Å². The van der Waals surface area contributed by atoms with Gasteiger partial charge in [0.2, 0.25) is 0 Å². The number of anilines is 1. The first kappa shape index (κ1) is 15.5. The van der Waals surface area contributed by atoms with E-state index in [0.29, 0.717) is 11.5 Å². The molecule has 1 aromatic heterocycles. The van der Waals surface area contributed by atoms with Crippen LogP contribution in [-0.4, -0.2) is 9.55 Å². The van der Waals surface area contributed by atoms with Gasteiger partial charge in [0.25, 0.3) is 6.43 Å². The van der Waals surface area contributed by atoms with Gasteiger partial charge in [-0.25, -0.2) is 13.8 Å². The molecule has 3 nitrogen and oxygen atoms in total. The number of halogens is 2. The monoisotopic (exact) mass is 293 g/mol. The van der Waals surface area contributed by atoms with Crippen molar-refractivity contribution in [2.75, 3.05) is 5.73 Å². The van der Waals surface area contributed by atoms with Crippen LogP contribution < -0.4 is 5.73 Å². The number of aryl methyl sites for hydroxylation is 1. The molecule has 0 atom stereocenters. The standard InChI is InChI=1S/C16H21F2N3/c1-3-5-13-20-14(16(19)21(13)10-4-2)11-6-8-12(9-7-11)15(17)18/h6-9,15H,3-5,10,19H2,1-2H3. The zero-order valence-electron chi connectivity index (χ0n) is 12.4. The van der Waals surface area contributed by atoms with E-state index in [0.717, 1.165) is 37.2 Å². The Morgan fingerprint density at radius 3 is 2.33 bits per heavy atom. The van der Waals surface area contributed by atoms with Crippen LogP contribution >= 0.6 is 0 Å². The first-order valence-corrected chi connectivity index (χ1v) is 7.31. The summed E-state index contributed by atoms with van der Waals surface area (Å²) in [4.78, 5) is 4.61. The fourth-order valence-electron chi connectivity index (χ4n) is 2.40. The van der Waals surface area contributed by atoms with E-state index in [4.69, 9.17) is 5.73 Å². The molecule has 0 aliphatic heterocycles. The Labute approximate surface area is 123 Å². The van der Waals surface area contributed by atoms with Gasteiger partial charge in [0, 0.05) is 24.1 Å². The maximum absolute atomic E-state index is 12.6. The van der Waals surface area contributed by atoms with E-state index >= 15 is 0 Å². The lowest BCUT2D eigenvalue weighted by Crippen LogP contribution is -2.06. The Hall–Kier alpha value is -1.91. The summed E-state index contributed by atoms with van der Waals surface area (Å²) >= 11 is 0. The molecular formula is C16H21F2N3. The highest BCUT2D eigenvalue weighted by Crippen LogP contribution is 2.29. The minimum absolute atomic E-state index is 0.0130. The molecule has 1 aromatic carbocycles. The zero-order valence-corrected chi connectivity index (χ0v) is 12.4. The summed E-state index contributed by atoms with van der Waals surface area (Å²) < 4.78 is 27.2. The Kier molecular flexibility index (Phi) is 4.94. The topological polar surface area (TPSA) is 43.8 Å². The lowest BCUT2D eigenvalue weighted by molar-refractivity contribution is 0.151. The van der Waals surface area contributed by atoms with Gasteiger partial charge in [-0.15, -0.1) is 0 Å². The van der Waals surface area contributed by atoms with Gasteiger partial charge in [-0.3, -0.25) is 0 Å². The Morgan fingerprint density at radius 1 is 1.14 bits per heavy atom. The Morgan fingerprint density at radius 2 is 1.81 bits per heavy atom. The van der Waals surface area contributed by atoms with Gasteiger partial charge in [-0.05, 0) is 12.8 Å². The van der Waals surface area contributed by atoms with Crippen LogP contribution in [0, 0.1) is 0 Å². The molecule has 0 amide bonds. The number of nitrogens with zero attached hydrogens (tertiary/aromatic N) is 2. The summed E-state index contributed by atoms with van der Waals surface area (Å²) in [6.45, 7) is 5.01. The summed E-state index contributed by atoms with van der Waals surface area (Å²) in [5, 5.41) is 0. The number of aromatic nitrogens is 2. The number of imidazole rings is 1.